The Bertz CT molecular complexity index is 1070. The van der Waals surface area contributed by atoms with Crippen LogP contribution in [-0.4, -0.2) is 18.4 Å². The quantitative estimate of drug-likeness (QED) is 0.246. The van der Waals surface area contributed by atoms with Crippen molar-refractivity contribution in [1.82, 2.24) is 0 Å². The number of halogens is 1. The van der Waals surface area contributed by atoms with Gasteiger partial charge in [0.2, 0.25) is 5.91 Å². The highest BCUT2D eigenvalue weighted by Crippen LogP contribution is 2.27. The zero-order chi connectivity index (χ0) is 24.2. The summed E-state index contributed by atoms with van der Waals surface area (Å²) < 4.78 is 6.56. The summed E-state index contributed by atoms with van der Waals surface area (Å²) in [5.74, 6) is 0.480. The number of hydrogen-bond donors (Lipinski definition) is 2. The second-order valence-corrected chi connectivity index (χ2v) is 8.97. The summed E-state index contributed by atoms with van der Waals surface area (Å²) in [7, 11) is 0. The van der Waals surface area contributed by atoms with Gasteiger partial charge in [-0.1, -0.05) is 56.5 Å². The molecule has 0 fully saturated rings. The highest BCUT2D eigenvalue weighted by Gasteiger charge is 2.10. The molecule has 0 aliphatic carbocycles. The van der Waals surface area contributed by atoms with Crippen molar-refractivity contribution in [2.24, 2.45) is 0 Å². The molecular formula is C28H31BrN2O3. The molecule has 0 unspecified atom stereocenters. The molecule has 3 aromatic carbocycles. The van der Waals surface area contributed by atoms with Crippen molar-refractivity contribution >= 4 is 39.1 Å². The van der Waals surface area contributed by atoms with Crippen molar-refractivity contribution in [2.45, 2.75) is 45.4 Å². The molecule has 0 saturated heterocycles. The molecule has 2 amide bonds. The first-order valence-corrected chi connectivity index (χ1v) is 12.5. The molecule has 0 aliphatic heterocycles. The number of rotatable bonds is 12. The van der Waals surface area contributed by atoms with Crippen LogP contribution in [0, 0.1) is 0 Å². The number of unbranched alkanes of at least 4 members (excludes halogenated alkanes) is 3. The molecule has 6 heteroatoms. The van der Waals surface area contributed by atoms with Crippen molar-refractivity contribution in [3.05, 3.63) is 88.4 Å². The standard InChI is InChI=1S/C28H31BrN2O3/c1-2-3-4-8-19-34-26-17-12-22(20-25(26)29)28(33)31-24-15-13-23(14-16-24)30-27(32)18-11-21-9-6-5-7-10-21/h5-7,9-10,12-17,20H,2-4,8,11,18-19H2,1H3,(H,30,32)(H,31,33). The first kappa shape index (κ1) is 25.5. The highest BCUT2D eigenvalue weighted by molar-refractivity contribution is 9.10. The van der Waals surface area contributed by atoms with E-state index in [2.05, 4.69) is 33.5 Å². The normalized spacial score (nSPS) is 10.5. The second-order valence-electron chi connectivity index (χ2n) is 8.12. The predicted molar refractivity (Wildman–Crippen MR) is 142 cm³/mol. The highest BCUT2D eigenvalue weighted by atomic mass is 79.9. The maximum atomic E-state index is 12.6. The lowest BCUT2D eigenvalue weighted by molar-refractivity contribution is -0.116. The van der Waals surface area contributed by atoms with E-state index in [1.54, 1.807) is 36.4 Å². The summed E-state index contributed by atoms with van der Waals surface area (Å²) >= 11 is 3.50. The number of carbonyl (C=O) groups is 2. The van der Waals surface area contributed by atoms with Crippen LogP contribution in [0.4, 0.5) is 11.4 Å². The van der Waals surface area contributed by atoms with E-state index >= 15 is 0 Å². The molecule has 0 radical (unpaired) electrons. The van der Waals surface area contributed by atoms with E-state index in [1.807, 2.05) is 36.4 Å². The van der Waals surface area contributed by atoms with Crippen LogP contribution >= 0.6 is 15.9 Å². The number of aryl methyl sites for hydroxylation is 1. The van der Waals surface area contributed by atoms with Gasteiger partial charge in [-0.05, 0) is 76.8 Å². The van der Waals surface area contributed by atoms with E-state index in [1.165, 1.54) is 12.8 Å². The summed E-state index contributed by atoms with van der Waals surface area (Å²) in [5, 5.41) is 5.78. The fraction of sp³-hybridized carbons (Fsp3) is 0.286. The van der Waals surface area contributed by atoms with Crippen molar-refractivity contribution in [1.29, 1.82) is 0 Å². The lowest BCUT2D eigenvalue weighted by Crippen LogP contribution is -2.13. The largest absolute Gasteiger partial charge is 0.492 e. The second kappa shape index (κ2) is 13.6. The molecule has 34 heavy (non-hydrogen) atoms. The predicted octanol–water partition coefficient (Wildman–Crippen LogP) is 7.23. The topological polar surface area (TPSA) is 67.4 Å². The zero-order valence-electron chi connectivity index (χ0n) is 19.5. The molecule has 5 nitrogen and oxygen atoms in total. The number of nitrogens with one attached hydrogen (secondary N) is 2. The van der Waals surface area contributed by atoms with E-state index in [-0.39, 0.29) is 11.8 Å². The summed E-state index contributed by atoms with van der Waals surface area (Å²) in [5.41, 5.74) is 3.01. The third-order valence-corrected chi connectivity index (χ3v) is 5.98. The maximum Gasteiger partial charge on any atom is 0.255 e. The number of carbonyl (C=O) groups excluding carboxylic acids is 2. The molecule has 0 spiro atoms. The van der Waals surface area contributed by atoms with Crippen molar-refractivity contribution in [3.63, 3.8) is 0 Å². The smallest absolute Gasteiger partial charge is 0.255 e. The maximum absolute atomic E-state index is 12.6. The van der Waals surface area contributed by atoms with Gasteiger partial charge in [0.15, 0.2) is 0 Å². The third kappa shape index (κ3) is 8.34. The first-order valence-electron chi connectivity index (χ1n) is 11.7. The van der Waals surface area contributed by atoms with Crippen LogP contribution in [0.5, 0.6) is 5.75 Å². The minimum absolute atomic E-state index is 0.0434. The molecule has 0 saturated carbocycles. The Hall–Kier alpha value is -3.12. The van der Waals surface area contributed by atoms with Gasteiger partial charge >= 0.3 is 0 Å². The van der Waals surface area contributed by atoms with Gasteiger partial charge in [-0.15, -0.1) is 0 Å². The van der Waals surface area contributed by atoms with E-state index < -0.39 is 0 Å². The Morgan fingerprint density at radius 2 is 1.56 bits per heavy atom. The van der Waals surface area contributed by atoms with Crippen LogP contribution in [0.15, 0.2) is 77.3 Å². The molecular weight excluding hydrogens is 492 g/mol. The molecule has 2 N–H and O–H groups in total. The van der Waals surface area contributed by atoms with Gasteiger partial charge in [0.25, 0.3) is 5.91 Å². The molecule has 0 heterocycles. The van der Waals surface area contributed by atoms with Gasteiger partial charge in [-0.3, -0.25) is 9.59 Å². The van der Waals surface area contributed by atoms with Crippen LogP contribution in [0.3, 0.4) is 0 Å². The van der Waals surface area contributed by atoms with Gasteiger partial charge in [0.05, 0.1) is 11.1 Å². The summed E-state index contributed by atoms with van der Waals surface area (Å²) in [6.07, 6.45) is 5.69. The van der Waals surface area contributed by atoms with Crippen LogP contribution in [0.25, 0.3) is 0 Å². The Morgan fingerprint density at radius 1 is 0.853 bits per heavy atom. The van der Waals surface area contributed by atoms with E-state index in [0.717, 1.165) is 28.6 Å². The van der Waals surface area contributed by atoms with Crippen LogP contribution in [0.2, 0.25) is 0 Å². The molecule has 0 atom stereocenters. The van der Waals surface area contributed by atoms with Crippen molar-refractivity contribution in [2.75, 3.05) is 17.2 Å². The first-order chi connectivity index (χ1) is 16.5. The number of benzene rings is 3. The minimum atomic E-state index is -0.213. The third-order valence-electron chi connectivity index (χ3n) is 5.36. The number of anilines is 2. The lowest BCUT2D eigenvalue weighted by Gasteiger charge is -2.11. The van der Waals surface area contributed by atoms with Gasteiger partial charge in [-0.2, -0.15) is 0 Å². The monoisotopic (exact) mass is 522 g/mol. The number of amides is 2. The molecule has 0 bridgehead atoms. The van der Waals surface area contributed by atoms with E-state index in [4.69, 9.17) is 4.74 Å². The van der Waals surface area contributed by atoms with Gasteiger partial charge in [-0.25, -0.2) is 0 Å². The number of ether oxygens (including phenoxy) is 1. The fourth-order valence-electron chi connectivity index (χ4n) is 3.44. The van der Waals surface area contributed by atoms with E-state index in [0.29, 0.717) is 36.4 Å². The molecule has 178 valence electrons. The minimum Gasteiger partial charge on any atom is -0.492 e. The lowest BCUT2D eigenvalue weighted by atomic mass is 10.1. The molecule has 0 aromatic heterocycles. The fourth-order valence-corrected chi connectivity index (χ4v) is 3.93. The Morgan fingerprint density at radius 3 is 2.24 bits per heavy atom. The van der Waals surface area contributed by atoms with Crippen LogP contribution < -0.4 is 15.4 Å². The Kier molecular flexibility index (Phi) is 10.2. The zero-order valence-corrected chi connectivity index (χ0v) is 21.1. The number of hydrogen-bond acceptors (Lipinski definition) is 3. The van der Waals surface area contributed by atoms with Gasteiger partial charge < -0.3 is 15.4 Å². The average Bonchev–Trinajstić information content (AvgIpc) is 2.85. The van der Waals surface area contributed by atoms with Gasteiger partial charge in [0, 0.05) is 23.4 Å². The van der Waals surface area contributed by atoms with Crippen LogP contribution in [-0.2, 0) is 11.2 Å². The average molecular weight is 523 g/mol. The van der Waals surface area contributed by atoms with Crippen molar-refractivity contribution in [3.8, 4) is 5.75 Å². The molecule has 3 rings (SSSR count). The SMILES string of the molecule is CCCCCCOc1ccc(C(=O)Nc2ccc(NC(=O)CCc3ccccc3)cc2)cc1Br. The summed E-state index contributed by atoms with van der Waals surface area (Å²) in [6, 6.07) is 22.4. The molecule has 0 aliphatic rings. The van der Waals surface area contributed by atoms with Gasteiger partial charge in [0.1, 0.15) is 5.75 Å². The Balaban J connectivity index is 1.47. The summed E-state index contributed by atoms with van der Waals surface area (Å²) in [6.45, 7) is 2.85. The van der Waals surface area contributed by atoms with Crippen molar-refractivity contribution < 1.29 is 14.3 Å². The van der Waals surface area contributed by atoms with Crippen LogP contribution in [0.1, 0.15) is 54.9 Å². The Labute approximate surface area is 210 Å². The molecule has 3 aromatic rings. The summed E-state index contributed by atoms with van der Waals surface area (Å²) in [4.78, 5) is 24.9. The van der Waals surface area contributed by atoms with E-state index in [9.17, 15) is 9.59 Å².